The van der Waals surface area contributed by atoms with Crippen LogP contribution >= 0.6 is 0 Å². The Hall–Kier alpha value is -3.65. The minimum atomic E-state index is -2.68. The Labute approximate surface area is 201 Å². The summed E-state index contributed by atoms with van der Waals surface area (Å²) < 4.78 is 0. The maximum absolute atomic E-state index is 13.5. The molecule has 0 bridgehead atoms. The fourth-order valence-electron chi connectivity index (χ4n) is 5.55. The zero-order valence-electron chi connectivity index (χ0n) is 19.4. The molecule has 0 saturated heterocycles. The molecule has 5 atom stereocenters. The Morgan fingerprint density at radius 2 is 1.89 bits per heavy atom. The van der Waals surface area contributed by atoms with Gasteiger partial charge in [0, 0.05) is 17.1 Å². The summed E-state index contributed by atoms with van der Waals surface area (Å²) in [7, 11) is 3.13. The lowest BCUT2D eigenvalue weighted by atomic mass is 9.58. The predicted octanol–water partition coefficient (Wildman–Crippen LogP) is -0.147. The number of aromatic hydroxyl groups is 1. The predicted molar refractivity (Wildman–Crippen MR) is 122 cm³/mol. The molecule has 1 aromatic carbocycles. The van der Waals surface area contributed by atoms with Crippen molar-refractivity contribution in [2.24, 2.45) is 17.6 Å². The third-order valence-corrected chi connectivity index (χ3v) is 7.02. The van der Waals surface area contributed by atoms with Crippen LogP contribution < -0.4 is 5.73 Å². The molecular weight excluding hydrogens is 456 g/mol. The lowest BCUT2D eigenvalue weighted by Gasteiger charge is -2.50. The minimum absolute atomic E-state index is 0.00924. The zero-order valence-corrected chi connectivity index (χ0v) is 19.4. The quantitative estimate of drug-likeness (QED) is 0.247. The van der Waals surface area contributed by atoms with Crippen molar-refractivity contribution in [1.82, 2.24) is 4.90 Å². The van der Waals surface area contributed by atoms with Gasteiger partial charge in [-0.2, -0.15) is 0 Å². The lowest BCUT2D eigenvalue weighted by molar-refractivity contribution is -0.148. The zero-order chi connectivity index (χ0) is 26.0. The number of nitrogens with zero attached hydrogens (tertiary/aromatic N) is 1. The van der Waals surface area contributed by atoms with E-state index in [1.807, 2.05) is 0 Å². The van der Waals surface area contributed by atoms with Crippen molar-refractivity contribution < 1.29 is 39.9 Å². The Kier molecular flexibility index (Phi) is 5.76. The van der Waals surface area contributed by atoms with Gasteiger partial charge >= 0.3 is 0 Å². The standard InChI is InChI=1S/C25H26N2O8/c1-10(28)4-5-11-6-7-15(29)17-13(11)8-12-9-14-19(27(2)3)21(31)18(24(26)34)23(33)25(14,35)22(32)16(12)20(17)30/h6-7,10,12,14,19,28-29,31-32,35H,8-9H2,1-3H3,(H2,26,34)/t10?,12-,14-,19-,25+/m1/s1. The number of aliphatic hydroxyl groups is 4. The molecule has 0 aromatic heterocycles. The summed E-state index contributed by atoms with van der Waals surface area (Å²) in [6, 6.07) is 1.73. The van der Waals surface area contributed by atoms with Crippen LogP contribution in [-0.2, 0) is 16.0 Å². The average Bonchev–Trinajstić information content (AvgIpc) is 2.75. The number of allylic oxidation sites excluding steroid dienone is 1. The number of nitrogens with two attached hydrogens (primary N) is 1. The molecule has 3 aliphatic carbocycles. The highest BCUT2D eigenvalue weighted by Crippen LogP contribution is 2.52. The number of rotatable bonds is 2. The van der Waals surface area contributed by atoms with E-state index in [1.165, 1.54) is 24.0 Å². The number of ketones is 2. The summed E-state index contributed by atoms with van der Waals surface area (Å²) in [5.74, 6) is -1.63. The van der Waals surface area contributed by atoms with Crippen molar-refractivity contribution in [1.29, 1.82) is 0 Å². The molecule has 10 nitrogen and oxygen atoms in total. The van der Waals surface area contributed by atoms with Gasteiger partial charge in [-0.05, 0) is 57.5 Å². The molecule has 0 heterocycles. The van der Waals surface area contributed by atoms with E-state index in [-0.39, 0.29) is 29.7 Å². The van der Waals surface area contributed by atoms with Gasteiger partial charge in [0.1, 0.15) is 28.9 Å². The third kappa shape index (κ3) is 3.43. The summed E-state index contributed by atoms with van der Waals surface area (Å²) in [5, 5.41) is 53.5. The molecule has 0 spiro atoms. The van der Waals surface area contributed by atoms with E-state index in [0.29, 0.717) is 11.1 Å². The summed E-state index contributed by atoms with van der Waals surface area (Å²) in [6.45, 7) is 1.48. The number of benzene rings is 1. The van der Waals surface area contributed by atoms with Crippen LogP contribution in [0.5, 0.6) is 5.75 Å². The number of Topliss-reactive ketones (excluding diaryl/α,β-unsaturated/α-hetero) is 2. The third-order valence-electron chi connectivity index (χ3n) is 7.02. The molecule has 10 heteroatoms. The van der Waals surface area contributed by atoms with Gasteiger partial charge < -0.3 is 31.3 Å². The maximum Gasteiger partial charge on any atom is 0.255 e. The van der Waals surface area contributed by atoms with Gasteiger partial charge in [-0.3, -0.25) is 19.3 Å². The Balaban J connectivity index is 1.95. The first kappa shape index (κ1) is 24.5. The Morgan fingerprint density at radius 1 is 1.23 bits per heavy atom. The molecule has 35 heavy (non-hydrogen) atoms. The van der Waals surface area contributed by atoms with Crippen molar-refractivity contribution in [2.75, 3.05) is 14.1 Å². The minimum Gasteiger partial charge on any atom is -0.510 e. The molecule has 0 saturated carbocycles. The van der Waals surface area contributed by atoms with Gasteiger partial charge in [0.2, 0.25) is 5.78 Å². The number of primary amides is 1. The number of phenols is 1. The average molecular weight is 482 g/mol. The molecule has 4 rings (SSSR count). The number of phenolic OH excluding ortho intramolecular Hbond substituents is 1. The van der Waals surface area contributed by atoms with Gasteiger partial charge in [-0.15, -0.1) is 0 Å². The summed E-state index contributed by atoms with van der Waals surface area (Å²) in [5.41, 5.74) is 2.25. The first-order chi connectivity index (χ1) is 16.3. The highest BCUT2D eigenvalue weighted by Gasteiger charge is 2.63. The molecule has 1 amide bonds. The molecule has 0 radical (unpaired) electrons. The van der Waals surface area contributed by atoms with Crippen LogP contribution in [0, 0.1) is 23.7 Å². The number of carbonyl (C=O) groups excluding carboxylic acids is 3. The van der Waals surface area contributed by atoms with Crippen molar-refractivity contribution in [3.63, 3.8) is 0 Å². The second-order valence-electron chi connectivity index (χ2n) is 9.39. The molecule has 184 valence electrons. The van der Waals surface area contributed by atoms with E-state index in [4.69, 9.17) is 5.73 Å². The lowest BCUT2D eigenvalue weighted by Crippen LogP contribution is -2.63. The Bertz CT molecular complexity index is 1300. The Morgan fingerprint density at radius 3 is 2.46 bits per heavy atom. The highest BCUT2D eigenvalue weighted by atomic mass is 16.3. The van der Waals surface area contributed by atoms with Crippen molar-refractivity contribution >= 4 is 17.5 Å². The molecule has 7 N–H and O–H groups in total. The fraction of sp³-hybridized carbons (Fsp3) is 0.400. The van der Waals surface area contributed by atoms with E-state index in [2.05, 4.69) is 11.8 Å². The van der Waals surface area contributed by atoms with E-state index < -0.39 is 64.1 Å². The molecule has 1 unspecified atom stereocenters. The molecule has 3 aliphatic rings. The van der Waals surface area contributed by atoms with Gasteiger partial charge in [0.05, 0.1) is 11.6 Å². The normalized spacial score (nSPS) is 28.7. The first-order valence-electron chi connectivity index (χ1n) is 11.0. The smallest absolute Gasteiger partial charge is 0.255 e. The largest absolute Gasteiger partial charge is 0.510 e. The van der Waals surface area contributed by atoms with Crippen LogP contribution in [0.4, 0.5) is 0 Å². The summed E-state index contributed by atoms with van der Waals surface area (Å²) in [6.07, 6.45) is -0.802. The molecule has 1 aromatic rings. The second-order valence-corrected chi connectivity index (χ2v) is 9.39. The van der Waals surface area contributed by atoms with Crippen LogP contribution in [0.15, 0.2) is 34.8 Å². The van der Waals surface area contributed by atoms with Crippen LogP contribution in [0.3, 0.4) is 0 Å². The molecule has 0 fully saturated rings. The van der Waals surface area contributed by atoms with Gasteiger partial charge in [-0.1, -0.05) is 11.8 Å². The van der Waals surface area contributed by atoms with Gasteiger partial charge in [0.25, 0.3) is 5.91 Å². The highest BCUT2D eigenvalue weighted by molar-refractivity contribution is 6.24. The van der Waals surface area contributed by atoms with Gasteiger partial charge in [-0.25, -0.2) is 0 Å². The SMILES string of the molecule is CC(O)C#Cc1ccc(O)c2c1C[C@@H]1C[C@@H]3[C@@H](N(C)C)C(O)=C(C(N)=O)C(=O)[C@@]3(O)C(O)=C1C2=O. The topological polar surface area (TPSA) is 182 Å². The van der Waals surface area contributed by atoms with E-state index in [0.717, 1.165) is 0 Å². The van der Waals surface area contributed by atoms with E-state index in [9.17, 15) is 39.9 Å². The van der Waals surface area contributed by atoms with E-state index in [1.54, 1.807) is 14.1 Å². The van der Waals surface area contributed by atoms with Crippen molar-refractivity contribution in [3.05, 3.63) is 51.5 Å². The van der Waals surface area contributed by atoms with Gasteiger partial charge in [0.15, 0.2) is 11.4 Å². The number of aliphatic hydroxyl groups excluding tert-OH is 3. The van der Waals surface area contributed by atoms with Crippen LogP contribution in [0.2, 0.25) is 0 Å². The van der Waals surface area contributed by atoms with Crippen molar-refractivity contribution in [3.8, 4) is 17.6 Å². The van der Waals surface area contributed by atoms with Crippen LogP contribution in [-0.4, -0.2) is 79.7 Å². The number of likely N-dealkylation sites (N-methyl/N-ethyl adjacent to an activating group) is 1. The van der Waals surface area contributed by atoms with Crippen molar-refractivity contribution in [2.45, 2.75) is 37.5 Å². The van der Waals surface area contributed by atoms with Crippen LogP contribution in [0.25, 0.3) is 0 Å². The monoisotopic (exact) mass is 482 g/mol. The number of carbonyl (C=O) groups is 3. The van der Waals surface area contributed by atoms with Crippen LogP contribution in [0.1, 0.15) is 34.8 Å². The fourth-order valence-corrected chi connectivity index (χ4v) is 5.55. The summed E-state index contributed by atoms with van der Waals surface area (Å²) >= 11 is 0. The number of hydrogen-bond donors (Lipinski definition) is 6. The molecular formula is C25H26N2O8. The summed E-state index contributed by atoms with van der Waals surface area (Å²) in [4.78, 5) is 40.2. The number of amides is 1. The first-order valence-corrected chi connectivity index (χ1v) is 11.0. The number of hydrogen-bond acceptors (Lipinski definition) is 9. The van der Waals surface area contributed by atoms with E-state index >= 15 is 0 Å². The second kappa shape index (κ2) is 8.23. The maximum atomic E-state index is 13.5. The molecule has 0 aliphatic heterocycles. The number of fused-ring (bicyclic) bond motifs is 3.